The number of aromatic nitrogens is 2. The summed E-state index contributed by atoms with van der Waals surface area (Å²) in [7, 11) is 0. The van der Waals surface area contributed by atoms with E-state index < -0.39 is 0 Å². The Hall–Kier alpha value is -1.84. The number of hydrogen-bond donors (Lipinski definition) is 0. The number of ketones is 1. The molecule has 0 aromatic carbocycles. The first-order valence-electron chi connectivity index (χ1n) is 5.87. The SMILES string of the molecule is Cc1cc2c(n1Cc1ccon1)CCCC2=O. The van der Waals surface area contributed by atoms with Crippen molar-refractivity contribution in [1.82, 2.24) is 9.72 Å². The summed E-state index contributed by atoms with van der Waals surface area (Å²) in [5.41, 5.74) is 4.07. The lowest BCUT2D eigenvalue weighted by molar-refractivity contribution is 0.0972. The van der Waals surface area contributed by atoms with E-state index in [4.69, 9.17) is 4.52 Å². The summed E-state index contributed by atoms with van der Waals surface area (Å²) >= 11 is 0. The fourth-order valence-corrected chi connectivity index (χ4v) is 2.49. The zero-order valence-corrected chi connectivity index (χ0v) is 9.77. The average Bonchev–Trinajstić information content (AvgIpc) is 2.91. The molecular weight excluding hydrogens is 216 g/mol. The molecule has 1 aliphatic carbocycles. The molecule has 0 saturated heterocycles. The molecule has 0 unspecified atom stereocenters. The molecule has 0 bridgehead atoms. The highest BCUT2D eigenvalue weighted by Gasteiger charge is 2.22. The number of Topliss-reactive ketones (excluding diaryl/α,β-unsaturated/α-hetero) is 1. The second kappa shape index (κ2) is 3.87. The maximum atomic E-state index is 11.8. The van der Waals surface area contributed by atoms with E-state index in [0.717, 1.165) is 35.5 Å². The molecule has 1 aliphatic rings. The fourth-order valence-electron chi connectivity index (χ4n) is 2.49. The van der Waals surface area contributed by atoms with Crippen LogP contribution in [-0.2, 0) is 13.0 Å². The van der Waals surface area contributed by atoms with Crippen LogP contribution in [0.3, 0.4) is 0 Å². The zero-order valence-electron chi connectivity index (χ0n) is 9.77. The maximum Gasteiger partial charge on any atom is 0.164 e. The molecule has 0 radical (unpaired) electrons. The molecule has 0 atom stereocenters. The molecular formula is C13H14N2O2. The van der Waals surface area contributed by atoms with Gasteiger partial charge in [0.25, 0.3) is 0 Å². The molecule has 2 aromatic heterocycles. The average molecular weight is 230 g/mol. The van der Waals surface area contributed by atoms with Gasteiger partial charge in [0, 0.05) is 29.4 Å². The molecule has 2 heterocycles. The third-order valence-corrected chi connectivity index (χ3v) is 3.34. The number of aryl methyl sites for hydroxylation is 1. The van der Waals surface area contributed by atoms with Crippen molar-refractivity contribution in [1.29, 1.82) is 0 Å². The van der Waals surface area contributed by atoms with Crippen LogP contribution in [0.2, 0.25) is 0 Å². The van der Waals surface area contributed by atoms with Gasteiger partial charge in [0.05, 0.1) is 6.54 Å². The van der Waals surface area contributed by atoms with Crippen molar-refractivity contribution in [2.45, 2.75) is 32.7 Å². The van der Waals surface area contributed by atoms with Gasteiger partial charge in [-0.1, -0.05) is 5.16 Å². The third kappa shape index (κ3) is 1.69. The van der Waals surface area contributed by atoms with Gasteiger partial charge >= 0.3 is 0 Å². The third-order valence-electron chi connectivity index (χ3n) is 3.34. The molecule has 0 aliphatic heterocycles. The van der Waals surface area contributed by atoms with Crippen molar-refractivity contribution in [3.8, 4) is 0 Å². The van der Waals surface area contributed by atoms with Gasteiger partial charge in [0.1, 0.15) is 12.0 Å². The second-order valence-electron chi connectivity index (χ2n) is 4.50. The number of carbonyl (C=O) groups is 1. The Morgan fingerprint density at radius 2 is 2.35 bits per heavy atom. The topological polar surface area (TPSA) is 48.0 Å². The van der Waals surface area contributed by atoms with E-state index in [2.05, 4.69) is 9.72 Å². The van der Waals surface area contributed by atoms with Crippen molar-refractivity contribution >= 4 is 5.78 Å². The second-order valence-corrected chi connectivity index (χ2v) is 4.50. The summed E-state index contributed by atoms with van der Waals surface area (Å²) < 4.78 is 7.01. The van der Waals surface area contributed by atoms with Crippen molar-refractivity contribution < 1.29 is 9.32 Å². The summed E-state index contributed by atoms with van der Waals surface area (Å²) in [6.45, 7) is 2.72. The van der Waals surface area contributed by atoms with E-state index >= 15 is 0 Å². The van der Waals surface area contributed by atoms with Crippen LogP contribution in [0.1, 0.15) is 40.3 Å². The molecule has 4 heteroatoms. The molecule has 88 valence electrons. The number of carbonyl (C=O) groups excluding carboxylic acids is 1. The van der Waals surface area contributed by atoms with Gasteiger partial charge < -0.3 is 9.09 Å². The molecule has 0 spiro atoms. The molecule has 0 fully saturated rings. The van der Waals surface area contributed by atoms with E-state index in [-0.39, 0.29) is 5.78 Å². The molecule has 3 rings (SSSR count). The highest BCUT2D eigenvalue weighted by atomic mass is 16.5. The number of fused-ring (bicyclic) bond motifs is 1. The summed E-state index contributed by atoms with van der Waals surface area (Å²) in [5.74, 6) is 0.272. The minimum Gasteiger partial charge on any atom is -0.364 e. The van der Waals surface area contributed by atoms with Crippen LogP contribution in [-0.4, -0.2) is 15.5 Å². The fraction of sp³-hybridized carbons (Fsp3) is 0.385. The molecule has 4 nitrogen and oxygen atoms in total. The Morgan fingerprint density at radius 1 is 1.47 bits per heavy atom. The van der Waals surface area contributed by atoms with Crippen LogP contribution in [0, 0.1) is 6.92 Å². The van der Waals surface area contributed by atoms with Crippen molar-refractivity contribution in [3.63, 3.8) is 0 Å². The minimum absolute atomic E-state index is 0.272. The van der Waals surface area contributed by atoms with Crippen LogP contribution >= 0.6 is 0 Å². The molecule has 17 heavy (non-hydrogen) atoms. The number of hydrogen-bond acceptors (Lipinski definition) is 3. The van der Waals surface area contributed by atoms with Crippen LogP contribution in [0.15, 0.2) is 22.9 Å². The normalized spacial score (nSPS) is 15.0. The van der Waals surface area contributed by atoms with Crippen LogP contribution in [0.4, 0.5) is 0 Å². The summed E-state index contributed by atoms with van der Waals surface area (Å²) in [4.78, 5) is 11.8. The van der Waals surface area contributed by atoms with Crippen LogP contribution in [0.5, 0.6) is 0 Å². The van der Waals surface area contributed by atoms with Gasteiger partial charge in [-0.25, -0.2) is 0 Å². The summed E-state index contributed by atoms with van der Waals surface area (Å²) in [5, 5.41) is 3.92. The maximum absolute atomic E-state index is 11.8. The van der Waals surface area contributed by atoms with E-state index in [1.54, 1.807) is 6.26 Å². The first kappa shape index (κ1) is 10.3. The monoisotopic (exact) mass is 230 g/mol. The van der Waals surface area contributed by atoms with Gasteiger partial charge in [-0.05, 0) is 25.8 Å². The van der Waals surface area contributed by atoms with Gasteiger partial charge in [0.2, 0.25) is 0 Å². The Balaban J connectivity index is 2.02. The van der Waals surface area contributed by atoms with Crippen LogP contribution < -0.4 is 0 Å². The Bertz CT molecular complexity index is 552. The van der Waals surface area contributed by atoms with E-state index in [9.17, 15) is 4.79 Å². The summed E-state index contributed by atoms with van der Waals surface area (Å²) in [6, 6.07) is 3.85. The van der Waals surface area contributed by atoms with Gasteiger partial charge in [0.15, 0.2) is 5.78 Å². The Morgan fingerprint density at radius 3 is 3.12 bits per heavy atom. The first-order chi connectivity index (χ1) is 8.25. The smallest absolute Gasteiger partial charge is 0.164 e. The highest BCUT2D eigenvalue weighted by Crippen LogP contribution is 2.25. The number of rotatable bonds is 2. The molecule has 0 N–H and O–H groups in total. The lowest BCUT2D eigenvalue weighted by Gasteiger charge is -2.14. The standard InChI is InChI=1S/C13H14N2O2/c1-9-7-11-12(3-2-4-13(11)16)15(9)8-10-5-6-17-14-10/h5-7H,2-4,8H2,1H3. The van der Waals surface area contributed by atoms with Gasteiger partial charge in [-0.15, -0.1) is 0 Å². The highest BCUT2D eigenvalue weighted by molar-refractivity contribution is 5.98. The quantitative estimate of drug-likeness (QED) is 0.795. The molecule has 0 amide bonds. The van der Waals surface area contributed by atoms with Crippen molar-refractivity contribution in [3.05, 3.63) is 41.0 Å². The summed E-state index contributed by atoms with van der Waals surface area (Å²) in [6.07, 6.45) is 4.19. The minimum atomic E-state index is 0.272. The van der Waals surface area contributed by atoms with Crippen LogP contribution in [0.25, 0.3) is 0 Å². The first-order valence-corrected chi connectivity index (χ1v) is 5.87. The predicted octanol–water partition coefficient (Wildman–Crippen LogP) is 2.35. The van der Waals surface area contributed by atoms with Gasteiger partial charge in [-0.3, -0.25) is 4.79 Å². The van der Waals surface area contributed by atoms with E-state index in [0.29, 0.717) is 13.0 Å². The van der Waals surface area contributed by atoms with Gasteiger partial charge in [-0.2, -0.15) is 0 Å². The lowest BCUT2D eigenvalue weighted by atomic mass is 9.96. The van der Waals surface area contributed by atoms with Crippen molar-refractivity contribution in [2.75, 3.05) is 0 Å². The van der Waals surface area contributed by atoms with E-state index in [1.165, 1.54) is 0 Å². The Kier molecular flexibility index (Phi) is 2.35. The largest absolute Gasteiger partial charge is 0.364 e. The number of nitrogens with zero attached hydrogens (tertiary/aromatic N) is 2. The lowest BCUT2D eigenvalue weighted by Crippen LogP contribution is -2.14. The Labute approximate surface area is 99.2 Å². The van der Waals surface area contributed by atoms with E-state index in [1.807, 2.05) is 19.1 Å². The molecule has 2 aromatic rings. The van der Waals surface area contributed by atoms with Crippen molar-refractivity contribution in [2.24, 2.45) is 0 Å². The molecule has 0 saturated carbocycles. The zero-order chi connectivity index (χ0) is 11.8. The predicted molar refractivity (Wildman–Crippen MR) is 62.0 cm³/mol.